The number of benzene rings is 1. The van der Waals surface area contributed by atoms with Gasteiger partial charge in [-0.2, -0.15) is 0 Å². The number of hydrogen-bond donors (Lipinski definition) is 1. The average Bonchev–Trinajstić information content (AvgIpc) is 2.26. The summed E-state index contributed by atoms with van der Waals surface area (Å²) in [5.74, 6) is 3.33. The van der Waals surface area contributed by atoms with Gasteiger partial charge in [-0.15, -0.1) is 6.42 Å². The molecule has 1 aromatic rings. The molecule has 0 saturated heterocycles. The van der Waals surface area contributed by atoms with Gasteiger partial charge in [0.15, 0.2) is 0 Å². The van der Waals surface area contributed by atoms with Gasteiger partial charge in [-0.25, -0.2) is 0 Å². The van der Waals surface area contributed by atoms with Crippen LogP contribution in [0.5, 0.6) is 0 Å². The lowest BCUT2D eigenvalue weighted by atomic mass is 10.1. The molecule has 1 heteroatoms. The first-order chi connectivity index (χ1) is 6.76. The van der Waals surface area contributed by atoms with Crippen molar-refractivity contribution in [3.8, 4) is 12.3 Å². The molecule has 1 N–H and O–H groups in total. The molecule has 0 aliphatic carbocycles. The Morgan fingerprint density at radius 2 is 2.29 bits per heavy atom. The molecule has 0 radical (unpaired) electrons. The van der Waals surface area contributed by atoms with Gasteiger partial charge in [0.1, 0.15) is 0 Å². The van der Waals surface area contributed by atoms with Crippen molar-refractivity contribution in [2.45, 2.75) is 20.3 Å². The molecule has 0 amide bonds. The standard InChI is InChI=1S/C13H17N/c1-4-11(3)10-14-13-8-6-7-12(5-2)9-13/h2,6-9,11,14H,4,10H2,1,3H3/t11-/m0/s1. The first-order valence-corrected chi connectivity index (χ1v) is 5.06. The largest absolute Gasteiger partial charge is 0.385 e. The van der Waals surface area contributed by atoms with Crippen molar-refractivity contribution in [3.05, 3.63) is 29.8 Å². The Balaban J connectivity index is 2.55. The van der Waals surface area contributed by atoms with Crippen LogP contribution in [-0.4, -0.2) is 6.54 Å². The van der Waals surface area contributed by atoms with Crippen LogP contribution in [0.4, 0.5) is 5.69 Å². The third-order valence-electron chi connectivity index (χ3n) is 2.38. The van der Waals surface area contributed by atoms with Crippen LogP contribution in [0.3, 0.4) is 0 Å². The van der Waals surface area contributed by atoms with E-state index in [1.165, 1.54) is 6.42 Å². The highest BCUT2D eigenvalue weighted by Crippen LogP contribution is 2.11. The second-order valence-corrected chi connectivity index (χ2v) is 3.62. The van der Waals surface area contributed by atoms with Gasteiger partial charge in [0.25, 0.3) is 0 Å². The van der Waals surface area contributed by atoms with Gasteiger partial charge in [0, 0.05) is 17.8 Å². The van der Waals surface area contributed by atoms with Crippen molar-refractivity contribution < 1.29 is 0 Å². The molecule has 0 bridgehead atoms. The van der Waals surface area contributed by atoms with E-state index in [0.29, 0.717) is 5.92 Å². The molecule has 1 nitrogen and oxygen atoms in total. The lowest BCUT2D eigenvalue weighted by Crippen LogP contribution is -2.10. The second kappa shape index (κ2) is 5.34. The molecule has 0 saturated carbocycles. The van der Waals surface area contributed by atoms with E-state index in [9.17, 15) is 0 Å². The van der Waals surface area contributed by atoms with Gasteiger partial charge in [0.05, 0.1) is 0 Å². The van der Waals surface area contributed by atoms with Gasteiger partial charge in [-0.1, -0.05) is 32.3 Å². The van der Waals surface area contributed by atoms with Crippen molar-refractivity contribution in [1.82, 2.24) is 0 Å². The van der Waals surface area contributed by atoms with E-state index in [1.54, 1.807) is 0 Å². The summed E-state index contributed by atoms with van der Waals surface area (Å²) in [6.45, 7) is 5.44. The zero-order valence-corrected chi connectivity index (χ0v) is 8.88. The summed E-state index contributed by atoms with van der Waals surface area (Å²) in [5.41, 5.74) is 2.04. The van der Waals surface area contributed by atoms with Crippen LogP contribution in [0.15, 0.2) is 24.3 Å². The van der Waals surface area contributed by atoms with Crippen LogP contribution in [0.1, 0.15) is 25.8 Å². The minimum absolute atomic E-state index is 0.699. The van der Waals surface area contributed by atoms with E-state index in [2.05, 4.69) is 25.1 Å². The Morgan fingerprint density at radius 1 is 1.50 bits per heavy atom. The number of hydrogen-bond acceptors (Lipinski definition) is 1. The summed E-state index contributed by atoms with van der Waals surface area (Å²) in [6, 6.07) is 7.97. The number of nitrogens with one attached hydrogen (secondary N) is 1. The van der Waals surface area contributed by atoms with Crippen LogP contribution in [0, 0.1) is 18.3 Å². The van der Waals surface area contributed by atoms with Crippen molar-refractivity contribution >= 4 is 5.69 Å². The highest BCUT2D eigenvalue weighted by molar-refractivity contribution is 5.49. The molecule has 0 aliphatic heterocycles. The maximum Gasteiger partial charge on any atom is 0.0352 e. The van der Waals surface area contributed by atoms with Crippen LogP contribution in [0.25, 0.3) is 0 Å². The fraction of sp³-hybridized carbons (Fsp3) is 0.385. The van der Waals surface area contributed by atoms with Crippen molar-refractivity contribution in [2.75, 3.05) is 11.9 Å². The molecular formula is C13H17N. The molecule has 0 aliphatic rings. The SMILES string of the molecule is C#Cc1cccc(NC[C@@H](C)CC)c1. The minimum Gasteiger partial charge on any atom is -0.385 e. The molecule has 0 unspecified atom stereocenters. The summed E-state index contributed by atoms with van der Waals surface area (Å²) in [7, 11) is 0. The Labute approximate surface area is 86.5 Å². The van der Waals surface area contributed by atoms with E-state index < -0.39 is 0 Å². The summed E-state index contributed by atoms with van der Waals surface area (Å²) >= 11 is 0. The Kier molecular flexibility index (Phi) is 4.07. The zero-order chi connectivity index (χ0) is 10.4. The summed E-state index contributed by atoms with van der Waals surface area (Å²) in [4.78, 5) is 0. The van der Waals surface area contributed by atoms with Crippen molar-refractivity contribution in [3.63, 3.8) is 0 Å². The first kappa shape index (κ1) is 10.7. The third kappa shape index (κ3) is 3.14. The topological polar surface area (TPSA) is 12.0 Å². The smallest absolute Gasteiger partial charge is 0.0352 e. The van der Waals surface area contributed by atoms with Crippen LogP contribution in [0.2, 0.25) is 0 Å². The molecule has 1 aromatic carbocycles. The van der Waals surface area contributed by atoms with E-state index in [4.69, 9.17) is 6.42 Å². The van der Waals surface area contributed by atoms with E-state index in [1.807, 2.05) is 24.3 Å². The molecule has 0 fully saturated rings. The molecule has 0 spiro atoms. The second-order valence-electron chi connectivity index (χ2n) is 3.62. The summed E-state index contributed by atoms with van der Waals surface area (Å²) in [6.07, 6.45) is 6.52. The van der Waals surface area contributed by atoms with Crippen LogP contribution >= 0.6 is 0 Å². The predicted octanol–water partition coefficient (Wildman–Crippen LogP) is 3.13. The lowest BCUT2D eigenvalue weighted by molar-refractivity contribution is 0.593. The van der Waals surface area contributed by atoms with Crippen LogP contribution < -0.4 is 5.32 Å². The Bertz CT molecular complexity index is 322. The van der Waals surface area contributed by atoms with Gasteiger partial charge >= 0.3 is 0 Å². The number of terminal acetylenes is 1. The average molecular weight is 187 g/mol. The minimum atomic E-state index is 0.699. The monoisotopic (exact) mass is 187 g/mol. The third-order valence-corrected chi connectivity index (χ3v) is 2.38. The highest BCUT2D eigenvalue weighted by Gasteiger charge is 1.98. The fourth-order valence-corrected chi connectivity index (χ4v) is 1.16. The molecule has 1 rings (SSSR count). The van der Waals surface area contributed by atoms with Crippen LogP contribution in [-0.2, 0) is 0 Å². The summed E-state index contributed by atoms with van der Waals surface area (Å²) < 4.78 is 0. The zero-order valence-electron chi connectivity index (χ0n) is 8.88. The normalized spacial score (nSPS) is 11.8. The lowest BCUT2D eigenvalue weighted by Gasteiger charge is -2.11. The van der Waals surface area contributed by atoms with Gasteiger partial charge in [-0.05, 0) is 24.1 Å². The molecule has 0 heterocycles. The number of anilines is 1. The predicted molar refractivity (Wildman–Crippen MR) is 62.3 cm³/mol. The van der Waals surface area contributed by atoms with E-state index >= 15 is 0 Å². The highest BCUT2D eigenvalue weighted by atomic mass is 14.9. The summed E-state index contributed by atoms with van der Waals surface area (Å²) in [5, 5.41) is 3.37. The fourth-order valence-electron chi connectivity index (χ4n) is 1.16. The van der Waals surface area contributed by atoms with Gasteiger partial charge in [-0.3, -0.25) is 0 Å². The van der Waals surface area contributed by atoms with Crippen molar-refractivity contribution in [2.24, 2.45) is 5.92 Å². The van der Waals surface area contributed by atoms with Gasteiger partial charge in [0.2, 0.25) is 0 Å². The van der Waals surface area contributed by atoms with Crippen molar-refractivity contribution in [1.29, 1.82) is 0 Å². The maximum atomic E-state index is 5.32. The van der Waals surface area contributed by atoms with E-state index in [0.717, 1.165) is 17.8 Å². The number of rotatable bonds is 4. The Morgan fingerprint density at radius 3 is 2.93 bits per heavy atom. The molecule has 1 atom stereocenters. The molecule has 14 heavy (non-hydrogen) atoms. The quantitative estimate of drug-likeness (QED) is 0.714. The first-order valence-electron chi connectivity index (χ1n) is 5.06. The molecule has 0 aromatic heterocycles. The van der Waals surface area contributed by atoms with E-state index in [-0.39, 0.29) is 0 Å². The Hall–Kier alpha value is -1.42. The maximum absolute atomic E-state index is 5.32. The molecule has 74 valence electrons. The van der Waals surface area contributed by atoms with Gasteiger partial charge < -0.3 is 5.32 Å². The molecular weight excluding hydrogens is 170 g/mol.